The molecule has 1 aromatic rings. The summed E-state index contributed by atoms with van der Waals surface area (Å²) >= 11 is 12.3. The van der Waals surface area contributed by atoms with Gasteiger partial charge in [0.1, 0.15) is 0 Å². The van der Waals surface area contributed by atoms with E-state index in [1.54, 1.807) is 6.07 Å². The third kappa shape index (κ3) is 3.07. The van der Waals surface area contributed by atoms with Crippen LogP contribution in [0.25, 0.3) is 0 Å². The normalized spacial score (nSPS) is 21.3. The fourth-order valence-electron chi connectivity index (χ4n) is 2.34. The van der Waals surface area contributed by atoms with Crippen molar-refractivity contribution in [1.29, 1.82) is 0 Å². The molecule has 0 saturated carbocycles. The van der Waals surface area contributed by atoms with Gasteiger partial charge in [-0.1, -0.05) is 30.1 Å². The summed E-state index contributed by atoms with van der Waals surface area (Å²) in [7, 11) is 1.35. The van der Waals surface area contributed by atoms with Gasteiger partial charge in [0.15, 0.2) is 0 Å². The number of halogens is 2. The largest absolute Gasteiger partial charge is 0.453 e. The molecule has 1 aliphatic rings. The number of ether oxygens (including phenoxy) is 1. The van der Waals surface area contributed by atoms with Crippen molar-refractivity contribution in [3.05, 3.63) is 27.7 Å². The highest BCUT2D eigenvalue weighted by atomic mass is 35.5. The summed E-state index contributed by atoms with van der Waals surface area (Å²) < 4.78 is 4.66. The van der Waals surface area contributed by atoms with Crippen LogP contribution in [0.2, 0.25) is 10.0 Å². The lowest BCUT2D eigenvalue weighted by atomic mass is 9.92. The quantitative estimate of drug-likeness (QED) is 0.868. The molecule has 19 heavy (non-hydrogen) atoms. The second kappa shape index (κ2) is 5.88. The van der Waals surface area contributed by atoms with Gasteiger partial charge in [0.05, 0.1) is 13.2 Å². The van der Waals surface area contributed by atoms with E-state index in [1.807, 2.05) is 6.07 Å². The molecule has 0 saturated heterocycles. The molecule has 2 atom stereocenters. The first-order valence-corrected chi connectivity index (χ1v) is 6.90. The predicted octanol–water partition coefficient (Wildman–Crippen LogP) is 3.98. The molecule has 6 heteroatoms. The topological polar surface area (TPSA) is 50.4 Å². The molecule has 2 N–H and O–H groups in total. The Hall–Kier alpha value is -1.13. The predicted molar refractivity (Wildman–Crippen MR) is 77.1 cm³/mol. The summed E-state index contributed by atoms with van der Waals surface area (Å²) in [4.78, 5) is 11.4. The van der Waals surface area contributed by atoms with E-state index >= 15 is 0 Å². The van der Waals surface area contributed by atoms with E-state index < -0.39 is 6.09 Å². The number of fused-ring (bicyclic) bond motifs is 1. The lowest BCUT2D eigenvalue weighted by Gasteiger charge is -2.33. The van der Waals surface area contributed by atoms with E-state index in [2.05, 4.69) is 22.3 Å². The number of hydrogen-bond acceptors (Lipinski definition) is 3. The number of rotatable bonds is 2. The minimum Gasteiger partial charge on any atom is -0.453 e. The van der Waals surface area contributed by atoms with Gasteiger partial charge in [-0.25, -0.2) is 4.79 Å². The van der Waals surface area contributed by atoms with Crippen LogP contribution in [0.15, 0.2) is 12.1 Å². The number of amides is 1. The van der Waals surface area contributed by atoms with Crippen molar-refractivity contribution in [3.63, 3.8) is 0 Å². The highest BCUT2D eigenvalue weighted by Crippen LogP contribution is 2.40. The minimum absolute atomic E-state index is 0.168. The monoisotopic (exact) mass is 302 g/mol. The van der Waals surface area contributed by atoms with Crippen molar-refractivity contribution in [2.75, 3.05) is 12.4 Å². The number of alkyl carbamates (subject to hydrolysis) is 1. The number of carbonyl (C=O) groups is 1. The average molecular weight is 303 g/mol. The highest BCUT2D eigenvalue weighted by Gasteiger charge is 2.29. The Morgan fingerprint density at radius 3 is 2.89 bits per heavy atom. The molecule has 0 radical (unpaired) electrons. The van der Waals surface area contributed by atoms with E-state index in [4.69, 9.17) is 23.2 Å². The van der Waals surface area contributed by atoms with E-state index in [1.165, 1.54) is 7.11 Å². The molecule has 4 nitrogen and oxygen atoms in total. The summed E-state index contributed by atoms with van der Waals surface area (Å²) in [5, 5.41) is 7.33. The second-order valence-corrected chi connectivity index (χ2v) is 5.37. The molecule has 0 bridgehead atoms. The van der Waals surface area contributed by atoms with Crippen molar-refractivity contribution in [3.8, 4) is 0 Å². The maximum absolute atomic E-state index is 11.4. The van der Waals surface area contributed by atoms with Crippen LogP contribution in [0, 0.1) is 0 Å². The first kappa shape index (κ1) is 14.3. The second-order valence-electron chi connectivity index (χ2n) is 4.52. The van der Waals surface area contributed by atoms with Crippen LogP contribution in [-0.4, -0.2) is 19.2 Å². The molecular weight excluding hydrogens is 287 g/mol. The van der Waals surface area contributed by atoms with Gasteiger partial charge < -0.3 is 15.4 Å². The molecule has 1 heterocycles. The zero-order chi connectivity index (χ0) is 14.0. The Balaban J connectivity index is 2.38. The SMILES string of the molecule is CC[C@H]1C[C@@H](NC(=O)OC)c2c(Cl)cc(Cl)cc2N1. The Morgan fingerprint density at radius 2 is 2.26 bits per heavy atom. The fourth-order valence-corrected chi connectivity index (χ4v) is 2.97. The fraction of sp³-hybridized carbons (Fsp3) is 0.462. The molecule has 0 aromatic heterocycles. The average Bonchev–Trinajstić information content (AvgIpc) is 2.37. The zero-order valence-corrected chi connectivity index (χ0v) is 12.3. The highest BCUT2D eigenvalue weighted by molar-refractivity contribution is 6.35. The van der Waals surface area contributed by atoms with Gasteiger partial charge in [0.25, 0.3) is 0 Å². The van der Waals surface area contributed by atoms with Crippen LogP contribution >= 0.6 is 23.2 Å². The molecule has 0 spiro atoms. The molecule has 1 aromatic carbocycles. The van der Waals surface area contributed by atoms with Crippen molar-refractivity contribution >= 4 is 35.0 Å². The van der Waals surface area contributed by atoms with E-state index in [9.17, 15) is 4.79 Å². The van der Waals surface area contributed by atoms with Crippen molar-refractivity contribution in [2.45, 2.75) is 31.8 Å². The third-order valence-corrected chi connectivity index (χ3v) is 3.82. The number of methoxy groups -OCH3 is 1. The summed E-state index contributed by atoms with van der Waals surface area (Å²) in [6.45, 7) is 2.09. The molecule has 0 unspecified atom stereocenters. The maximum Gasteiger partial charge on any atom is 0.407 e. The standard InChI is InChI=1S/C13H16Cl2N2O2/c1-3-8-6-11(17-13(18)19-2)12-9(15)4-7(14)5-10(12)16-8/h4-5,8,11,16H,3,6H2,1-2H3,(H,17,18)/t8-,11+/m0/s1. The summed E-state index contributed by atoms with van der Waals surface area (Å²) in [5.41, 5.74) is 1.73. The van der Waals surface area contributed by atoms with Crippen LogP contribution < -0.4 is 10.6 Å². The van der Waals surface area contributed by atoms with Gasteiger partial charge >= 0.3 is 6.09 Å². The number of carbonyl (C=O) groups excluding carboxylic acids is 1. The Morgan fingerprint density at radius 1 is 1.53 bits per heavy atom. The van der Waals surface area contributed by atoms with Crippen LogP contribution in [0.5, 0.6) is 0 Å². The number of nitrogens with one attached hydrogen (secondary N) is 2. The molecular formula is C13H16Cl2N2O2. The molecule has 0 fully saturated rings. The Bertz CT molecular complexity index is 494. The maximum atomic E-state index is 11.4. The summed E-state index contributed by atoms with van der Waals surface area (Å²) in [5.74, 6) is 0. The van der Waals surface area contributed by atoms with Gasteiger partial charge in [-0.15, -0.1) is 0 Å². The van der Waals surface area contributed by atoms with Gasteiger partial charge in [-0.2, -0.15) is 0 Å². The summed E-state index contributed by atoms with van der Waals surface area (Å²) in [6, 6.07) is 3.61. The van der Waals surface area contributed by atoms with Crippen molar-refractivity contribution < 1.29 is 9.53 Å². The Labute approximate surface area is 122 Å². The minimum atomic E-state index is -0.460. The number of anilines is 1. The van der Waals surface area contributed by atoms with Crippen LogP contribution in [0.3, 0.4) is 0 Å². The first-order valence-electron chi connectivity index (χ1n) is 6.15. The van der Waals surface area contributed by atoms with Crippen molar-refractivity contribution in [2.24, 2.45) is 0 Å². The molecule has 1 aliphatic heterocycles. The lowest BCUT2D eigenvalue weighted by molar-refractivity contribution is 0.165. The molecule has 104 valence electrons. The van der Waals surface area contributed by atoms with Gasteiger partial charge in [0, 0.05) is 27.3 Å². The van der Waals surface area contributed by atoms with E-state index in [-0.39, 0.29) is 12.1 Å². The zero-order valence-electron chi connectivity index (χ0n) is 10.8. The number of benzene rings is 1. The van der Waals surface area contributed by atoms with E-state index in [0.717, 1.165) is 24.1 Å². The Kier molecular flexibility index (Phi) is 4.42. The van der Waals surface area contributed by atoms with Gasteiger partial charge in [-0.05, 0) is 25.0 Å². The lowest BCUT2D eigenvalue weighted by Crippen LogP contribution is -2.37. The molecule has 1 amide bonds. The van der Waals surface area contributed by atoms with E-state index in [0.29, 0.717) is 10.0 Å². The van der Waals surface area contributed by atoms with Crippen LogP contribution in [-0.2, 0) is 4.74 Å². The van der Waals surface area contributed by atoms with Crippen LogP contribution in [0.4, 0.5) is 10.5 Å². The van der Waals surface area contributed by atoms with Crippen molar-refractivity contribution in [1.82, 2.24) is 5.32 Å². The van der Waals surface area contributed by atoms with Gasteiger partial charge in [0.2, 0.25) is 0 Å². The summed E-state index contributed by atoms with van der Waals surface area (Å²) in [6.07, 6.45) is 1.25. The number of hydrogen-bond donors (Lipinski definition) is 2. The first-order chi connectivity index (χ1) is 9.05. The van der Waals surface area contributed by atoms with Crippen LogP contribution in [0.1, 0.15) is 31.4 Å². The molecule has 2 rings (SSSR count). The molecule has 0 aliphatic carbocycles. The van der Waals surface area contributed by atoms with Gasteiger partial charge in [-0.3, -0.25) is 0 Å². The smallest absolute Gasteiger partial charge is 0.407 e. The third-order valence-electron chi connectivity index (χ3n) is 3.29.